The van der Waals surface area contributed by atoms with Gasteiger partial charge in [0.15, 0.2) is 0 Å². The van der Waals surface area contributed by atoms with Gasteiger partial charge in [-0.1, -0.05) is 11.6 Å². The lowest BCUT2D eigenvalue weighted by atomic mass is 10.1. The number of carbonyl (C=O) groups is 1. The topological polar surface area (TPSA) is 182 Å². The van der Waals surface area contributed by atoms with Crippen molar-refractivity contribution in [2.24, 2.45) is 0 Å². The zero-order valence-electron chi connectivity index (χ0n) is 19.3. The Morgan fingerprint density at radius 3 is 2.37 bits per heavy atom. The number of methoxy groups -OCH3 is 1. The summed E-state index contributed by atoms with van der Waals surface area (Å²) < 4.78 is 5.23. The number of hydrogen-bond acceptors (Lipinski definition) is 10. The van der Waals surface area contributed by atoms with Gasteiger partial charge in [0.05, 0.1) is 12.8 Å². The molecule has 0 aliphatic carbocycles. The van der Waals surface area contributed by atoms with Crippen LogP contribution in [0.25, 0.3) is 0 Å². The highest BCUT2D eigenvalue weighted by Gasteiger charge is 2.17. The summed E-state index contributed by atoms with van der Waals surface area (Å²) >= 11 is 5.86. The number of carbonyl (C=O) groups excluding carboxylic acids is 1. The molecule has 1 fully saturated rings. The second-order valence-electron chi connectivity index (χ2n) is 7.31. The maximum Gasteiger partial charge on any atom is 0.322 e. The van der Waals surface area contributed by atoms with Crippen molar-refractivity contribution in [3.05, 3.63) is 53.1 Å². The number of phenols is 1. The molecule has 9 N–H and O–H groups in total. The van der Waals surface area contributed by atoms with Gasteiger partial charge in [-0.3, -0.25) is 4.79 Å². The fourth-order valence-corrected chi connectivity index (χ4v) is 3.49. The van der Waals surface area contributed by atoms with Crippen LogP contribution in [0.15, 0.2) is 42.5 Å². The molecule has 3 aromatic rings. The van der Waals surface area contributed by atoms with Crippen LogP contribution in [0, 0.1) is 0 Å². The molecule has 194 valence electrons. The molecule has 2 heterocycles. The second kappa shape index (κ2) is 13.5. The van der Waals surface area contributed by atoms with Crippen LogP contribution in [0.5, 0.6) is 11.8 Å². The summed E-state index contributed by atoms with van der Waals surface area (Å²) in [5.41, 5.74) is 1.25. The number of phenolic OH excluding ortho intramolecular Hbond substituents is 1. The van der Waals surface area contributed by atoms with Crippen LogP contribution in [0.3, 0.4) is 0 Å². The molecular weight excluding hydrogens is 495 g/mol. The number of halogens is 2. The number of anilines is 4. The minimum atomic E-state index is -0.356. The third-order valence-electron chi connectivity index (χ3n) is 5.03. The molecule has 0 saturated carbocycles. The molecule has 0 atom stereocenters. The monoisotopic (exact) mass is 528 g/mol. The predicted molar refractivity (Wildman–Crippen MR) is 145 cm³/mol. The Morgan fingerprint density at radius 1 is 1.06 bits per heavy atom. The van der Waals surface area contributed by atoms with Crippen LogP contribution in [-0.2, 0) is 0 Å². The van der Waals surface area contributed by atoms with Crippen LogP contribution < -0.4 is 32.6 Å². The van der Waals surface area contributed by atoms with Gasteiger partial charge in [0.2, 0.25) is 11.9 Å². The molecule has 1 aromatic heterocycles. The standard InChI is InChI=1S/C22H23ClN6O3.ClH.2H3N.2H2/c1-32-22-27-20(26-21(28-22)29-11-3-2-4-12-29)24-16-9-10-17(18(30)13-16)25-19(31)14-5-7-15(23)8-6-14;;;;;/h5-10,13,30H,2-4,11-12H2,1H3,(H,25,31)(H,24,26,27,28);1H;2*1H3;2*1H. The van der Waals surface area contributed by atoms with Gasteiger partial charge >= 0.3 is 6.01 Å². The molecule has 0 unspecified atom stereocenters. The van der Waals surface area contributed by atoms with Crippen LogP contribution in [0.2, 0.25) is 5.02 Å². The lowest BCUT2D eigenvalue weighted by Crippen LogP contribution is -2.31. The molecule has 1 saturated heterocycles. The van der Waals surface area contributed by atoms with Crippen molar-refractivity contribution in [3.63, 3.8) is 0 Å². The van der Waals surface area contributed by atoms with Gasteiger partial charge in [-0.15, -0.1) is 12.4 Å². The van der Waals surface area contributed by atoms with E-state index in [2.05, 4.69) is 30.5 Å². The van der Waals surface area contributed by atoms with E-state index in [1.54, 1.807) is 36.4 Å². The Labute approximate surface area is 217 Å². The number of aromatic nitrogens is 3. The summed E-state index contributed by atoms with van der Waals surface area (Å²) in [5.74, 6) is 0.394. The fourth-order valence-electron chi connectivity index (χ4n) is 3.37. The maximum atomic E-state index is 12.4. The zero-order valence-corrected chi connectivity index (χ0v) is 20.9. The van der Waals surface area contributed by atoms with Crippen LogP contribution in [-0.4, -0.2) is 46.2 Å². The molecule has 13 heteroatoms. The lowest BCUT2D eigenvalue weighted by Gasteiger charge is -2.26. The molecule has 1 amide bonds. The molecule has 35 heavy (non-hydrogen) atoms. The van der Waals surface area contributed by atoms with Crippen LogP contribution in [0.1, 0.15) is 32.5 Å². The quantitative estimate of drug-likeness (QED) is 0.257. The van der Waals surface area contributed by atoms with E-state index in [9.17, 15) is 9.90 Å². The highest BCUT2D eigenvalue weighted by atomic mass is 35.5. The first-order valence-electron chi connectivity index (χ1n) is 10.2. The second-order valence-corrected chi connectivity index (χ2v) is 7.75. The predicted octanol–water partition coefficient (Wildman–Crippen LogP) is 5.46. The molecule has 4 rings (SSSR count). The number of nitrogens with zero attached hydrogens (tertiary/aromatic N) is 4. The fraction of sp³-hybridized carbons (Fsp3) is 0.273. The summed E-state index contributed by atoms with van der Waals surface area (Å²) in [7, 11) is 1.50. The first-order valence-corrected chi connectivity index (χ1v) is 10.6. The van der Waals surface area contributed by atoms with E-state index in [4.69, 9.17) is 16.3 Å². The summed E-state index contributed by atoms with van der Waals surface area (Å²) in [6.07, 6.45) is 3.38. The molecule has 1 aliphatic heterocycles. The summed E-state index contributed by atoms with van der Waals surface area (Å²) in [6.45, 7) is 1.77. The number of amides is 1. The largest absolute Gasteiger partial charge is 0.506 e. The molecule has 0 spiro atoms. The van der Waals surface area contributed by atoms with Crippen molar-refractivity contribution in [1.82, 2.24) is 27.3 Å². The number of benzene rings is 2. The Kier molecular flexibility index (Phi) is 11.4. The van der Waals surface area contributed by atoms with E-state index in [1.165, 1.54) is 19.6 Å². The Hall–Kier alpha value is -3.38. The zero-order chi connectivity index (χ0) is 22.5. The molecule has 0 radical (unpaired) electrons. The van der Waals surface area contributed by atoms with E-state index in [1.807, 2.05) is 0 Å². The average Bonchev–Trinajstić information content (AvgIpc) is 2.81. The smallest absolute Gasteiger partial charge is 0.322 e. The van der Waals surface area contributed by atoms with Crippen LogP contribution >= 0.6 is 24.0 Å². The molecule has 11 nitrogen and oxygen atoms in total. The number of ether oxygens (including phenoxy) is 1. The van der Waals surface area contributed by atoms with Crippen molar-refractivity contribution in [3.8, 4) is 11.8 Å². The molecular formula is C22H34Cl2N8O3. The third-order valence-corrected chi connectivity index (χ3v) is 5.29. The van der Waals surface area contributed by atoms with Crippen molar-refractivity contribution in [2.75, 3.05) is 35.7 Å². The van der Waals surface area contributed by atoms with Crippen molar-refractivity contribution in [2.45, 2.75) is 19.3 Å². The Balaban J connectivity index is 0. The number of aromatic hydroxyl groups is 1. The van der Waals surface area contributed by atoms with Crippen molar-refractivity contribution in [1.29, 1.82) is 0 Å². The van der Waals surface area contributed by atoms with E-state index in [-0.39, 0.29) is 50.9 Å². The average molecular weight is 529 g/mol. The van der Waals surface area contributed by atoms with Gasteiger partial charge in [-0.25, -0.2) is 0 Å². The van der Waals surface area contributed by atoms with Crippen molar-refractivity contribution >= 4 is 53.2 Å². The number of rotatable bonds is 6. The molecule has 0 bridgehead atoms. The maximum absolute atomic E-state index is 12.4. The first-order chi connectivity index (χ1) is 15.5. The molecule has 2 aromatic carbocycles. The molecule has 1 aliphatic rings. The lowest BCUT2D eigenvalue weighted by molar-refractivity contribution is 0.102. The highest BCUT2D eigenvalue weighted by Crippen LogP contribution is 2.29. The SMILES string of the molecule is COc1nc(Nc2ccc(NC(=O)c3ccc(Cl)cc3)c(O)c2)nc(N2CCCCC2)n1.Cl.N.N.[HH].[HH]. The third kappa shape index (κ3) is 7.55. The van der Waals surface area contributed by atoms with Gasteiger partial charge in [-0.2, -0.15) is 15.0 Å². The van der Waals surface area contributed by atoms with Gasteiger partial charge in [0.1, 0.15) is 5.75 Å². The number of piperidine rings is 1. The first kappa shape index (κ1) is 29.7. The van der Waals surface area contributed by atoms with E-state index in [0.29, 0.717) is 28.2 Å². The summed E-state index contributed by atoms with van der Waals surface area (Å²) in [6, 6.07) is 11.5. The highest BCUT2D eigenvalue weighted by molar-refractivity contribution is 6.30. The normalized spacial score (nSPS) is 12.3. The Bertz CT molecular complexity index is 1120. The minimum Gasteiger partial charge on any atom is -0.506 e. The van der Waals surface area contributed by atoms with Crippen molar-refractivity contribution < 1.29 is 17.5 Å². The van der Waals surface area contributed by atoms with E-state index < -0.39 is 0 Å². The summed E-state index contributed by atoms with van der Waals surface area (Å²) in [4.78, 5) is 27.6. The van der Waals surface area contributed by atoms with Crippen LogP contribution in [0.4, 0.5) is 23.3 Å². The van der Waals surface area contributed by atoms with E-state index in [0.717, 1.165) is 25.9 Å². The van der Waals surface area contributed by atoms with Gasteiger partial charge < -0.3 is 37.7 Å². The minimum absolute atomic E-state index is 0. The number of hydrogen-bond donors (Lipinski definition) is 5. The Morgan fingerprint density at radius 2 is 1.74 bits per heavy atom. The summed E-state index contributed by atoms with van der Waals surface area (Å²) in [5, 5.41) is 16.7. The number of nitrogens with one attached hydrogen (secondary N) is 2. The van der Waals surface area contributed by atoms with E-state index >= 15 is 0 Å². The van der Waals surface area contributed by atoms with Gasteiger partial charge in [0, 0.05) is 38.3 Å². The van der Waals surface area contributed by atoms with Gasteiger partial charge in [-0.05, 0) is 55.7 Å². The van der Waals surface area contributed by atoms with Gasteiger partial charge in [0.25, 0.3) is 5.91 Å².